The summed E-state index contributed by atoms with van der Waals surface area (Å²) in [6, 6.07) is 1.78. The molecule has 4 aliphatic carbocycles. The molecule has 7 heteroatoms. The van der Waals surface area contributed by atoms with Gasteiger partial charge < -0.3 is 24.8 Å². The molecule has 8 rings (SSSR count). The van der Waals surface area contributed by atoms with Crippen LogP contribution in [-0.2, 0) is 21.4 Å². The molecule has 1 aromatic heterocycles. The summed E-state index contributed by atoms with van der Waals surface area (Å²) in [5.41, 5.74) is 6.47. The van der Waals surface area contributed by atoms with Gasteiger partial charge in [0.2, 0.25) is 5.91 Å². The lowest BCUT2D eigenvalue weighted by atomic mass is 9.40. The molecule has 0 bridgehead atoms. The first-order chi connectivity index (χ1) is 25.1. The Labute approximate surface area is 322 Å². The molecule has 1 amide bonds. The number of hydrogen-bond donors (Lipinski definition) is 3. The number of aromatic nitrogens is 1. The van der Waals surface area contributed by atoms with Crippen LogP contribution >= 0.6 is 0 Å². The zero-order valence-corrected chi connectivity index (χ0v) is 34.4. The Bertz CT molecular complexity index is 2110. The van der Waals surface area contributed by atoms with Gasteiger partial charge in [0.15, 0.2) is 5.78 Å². The molecule has 9 atom stereocenters. The van der Waals surface area contributed by atoms with Crippen molar-refractivity contribution in [2.24, 2.45) is 34.5 Å². The third-order valence-electron chi connectivity index (χ3n) is 15.4. The van der Waals surface area contributed by atoms with Crippen molar-refractivity contribution in [1.29, 1.82) is 0 Å². The predicted octanol–water partition coefficient (Wildman–Crippen LogP) is 8.87. The van der Waals surface area contributed by atoms with E-state index in [-0.39, 0.29) is 34.4 Å². The van der Waals surface area contributed by atoms with Gasteiger partial charge in [-0.15, -0.1) is 0 Å². The molecule has 290 valence electrons. The van der Waals surface area contributed by atoms with Gasteiger partial charge in [-0.1, -0.05) is 65.0 Å². The Morgan fingerprint density at radius 2 is 1.80 bits per heavy atom. The number of Topliss-reactive ketones (excluding diaryl/α,β-unsaturated/α-hetero) is 1. The van der Waals surface area contributed by atoms with E-state index in [2.05, 4.69) is 97.0 Å². The fourth-order valence-corrected chi connectivity index (χ4v) is 13.0. The van der Waals surface area contributed by atoms with Gasteiger partial charge in [0.25, 0.3) is 0 Å². The number of nitrogens with zero attached hydrogens (tertiary/aromatic N) is 1. The number of benzene rings is 1. The number of carbonyl (C=O) groups is 2. The number of aliphatic hydroxyl groups is 2. The molecule has 0 saturated heterocycles. The second kappa shape index (κ2) is 11.9. The van der Waals surface area contributed by atoms with Crippen LogP contribution < -0.4 is 5.32 Å². The minimum Gasteiger partial charge on any atom is -0.392 e. The van der Waals surface area contributed by atoms with E-state index in [4.69, 9.17) is 4.74 Å². The van der Waals surface area contributed by atoms with Crippen molar-refractivity contribution in [2.75, 3.05) is 6.54 Å². The third-order valence-corrected chi connectivity index (χ3v) is 15.4. The van der Waals surface area contributed by atoms with E-state index in [1.807, 2.05) is 26.0 Å². The maximum absolute atomic E-state index is 14.9. The summed E-state index contributed by atoms with van der Waals surface area (Å²) in [5, 5.41) is 28.2. The summed E-state index contributed by atoms with van der Waals surface area (Å²) in [6.07, 6.45) is 11.4. The predicted molar refractivity (Wildman–Crippen MR) is 215 cm³/mol. The Morgan fingerprint density at radius 3 is 2.46 bits per heavy atom. The van der Waals surface area contributed by atoms with Crippen molar-refractivity contribution in [3.05, 3.63) is 76.0 Å². The number of amides is 1. The number of ketones is 1. The van der Waals surface area contributed by atoms with Crippen LogP contribution in [0.5, 0.6) is 0 Å². The van der Waals surface area contributed by atoms with E-state index in [9.17, 15) is 19.8 Å². The van der Waals surface area contributed by atoms with Gasteiger partial charge in [0.1, 0.15) is 6.04 Å². The van der Waals surface area contributed by atoms with Crippen LogP contribution in [0, 0.1) is 34.5 Å². The van der Waals surface area contributed by atoms with E-state index >= 15 is 0 Å². The molecule has 0 unspecified atom stereocenters. The van der Waals surface area contributed by atoms with Crippen LogP contribution in [0.2, 0.25) is 0 Å². The summed E-state index contributed by atoms with van der Waals surface area (Å²) >= 11 is 0. The third kappa shape index (κ3) is 4.82. The summed E-state index contributed by atoms with van der Waals surface area (Å²) in [7, 11) is 0. The molecule has 0 radical (unpaired) electrons. The average Bonchev–Trinajstić information content (AvgIpc) is 3.74. The number of nitrogens with one attached hydrogen (secondary N) is 1. The first-order valence-electron chi connectivity index (χ1n) is 20.5. The van der Waals surface area contributed by atoms with Crippen molar-refractivity contribution in [2.45, 2.75) is 143 Å². The number of hydrogen-bond acceptors (Lipinski definition) is 5. The number of carbonyl (C=O) groups excluding carboxylic acids is 2. The quantitative estimate of drug-likeness (QED) is 0.156. The van der Waals surface area contributed by atoms with E-state index in [1.54, 1.807) is 0 Å². The number of aliphatic hydroxyl groups excluding tert-OH is 2. The monoisotopic (exact) mass is 734 g/mol. The standard InChI is InChI=1S/C47H62N2O5/c1-24(2)23-48-42(53)26(5)14-13-18-45(10)32-16-15-27-20-30-29-21-28-31-22-43(6,7)54-44(8,9)36(31)39(51)34(28)35-38(29)49(37(25(3)4)40(35)52)41(30)47(27,12)46(32,11)19-17-33(45)50/h13-14,18,21-22,24,27,32-33,36-37,39,50-51H,3,15-17,19-20,23H2,1-2,4-12H3,(H,48,53)/b18-13+,26-14+/t27-,32-,33-,36+,37-,39+,45-,46-,47+/m0/s1. The highest BCUT2D eigenvalue weighted by Crippen LogP contribution is 2.71. The smallest absolute Gasteiger partial charge is 0.246 e. The van der Waals surface area contributed by atoms with Gasteiger partial charge in [-0.05, 0) is 126 Å². The molecular weight excluding hydrogens is 673 g/mol. The van der Waals surface area contributed by atoms with E-state index in [0.717, 1.165) is 58.9 Å². The second-order valence-corrected chi connectivity index (χ2v) is 20.1. The highest BCUT2D eigenvalue weighted by atomic mass is 16.5. The molecule has 1 aromatic carbocycles. The van der Waals surface area contributed by atoms with Crippen LogP contribution in [0.3, 0.4) is 0 Å². The molecule has 7 nitrogen and oxygen atoms in total. The van der Waals surface area contributed by atoms with Gasteiger partial charge in [-0.25, -0.2) is 0 Å². The van der Waals surface area contributed by atoms with Gasteiger partial charge in [-0.2, -0.15) is 0 Å². The van der Waals surface area contributed by atoms with Crippen LogP contribution in [-0.4, -0.2) is 50.3 Å². The lowest BCUT2D eigenvalue weighted by Gasteiger charge is -2.64. The molecule has 54 heavy (non-hydrogen) atoms. The van der Waals surface area contributed by atoms with Gasteiger partial charge >= 0.3 is 0 Å². The lowest BCUT2D eigenvalue weighted by molar-refractivity contribution is -0.144. The highest BCUT2D eigenvalue weighted by Gasteiger charge is 2.67. The minimum atomic E-state index is -0.853. The second-order valence-electron chi connectivity index (χ2n) is 20.1. The summed E-state index contributed by atoms with van der Waals surface area (Å²) in [6.45, 7) is 28.5. The number of rotatable bonds is 6. The Hall–Kier alpha value is -3.26. The molecule has 2 fully saturated rings. The molecule has 6 aliphatic rings. The molecular formula is C47H62N2O5. The lowest BCUT2D eigenvalue weighted by Crippen LogP contribution is -2.62. The number of ether oxygens (including phenoxy) is 1. The van der Waals surface area contributed by atoms with Gasteiger partial charge in [0, 0.05) is 45.5 Å². The maximum Gasteiger partial charge on any atom is 0.246 e. The van der Waals surface area contributed by atoms with Crippen LogP contribution in [0.4, 0.5) is 0 Å². The van der Waals surface area contributed by atoms with Crippen LogP contribution in [0.1, 0.15) is 147 Å². The zero-order valence-electron chi connectivity index (χ0n) is 34.4. The Balaban J connectivity index is 1.28. The van der Waals surface area contributed by atoms with Gasteiger partial charge in [0.05, 0.1) is 34.5 Å². The highest BCUT2D eigenvalue weighted by molar-refractivity contribution is 6.18. The zero-order chi connectivity index (χ0) is 39.2. The Morgan fingerprint density at radius 1 is 1.09 bits per heavy atom. The molecule has 2 saturated carbocycles. The van der Waals surface area contributed by atoms with Crippen LogP contribution in [0.25, 0.3) is 16.5 Å². The molecule has 2 aliphatic heterocycles. The Kier molecular flexibility index (Phi) is 8.28. The van der Waals surface area contributed by atoms with Crippen molar-refractivity contribution < 1.29 is 24.5 Å². The van der Waals surface area contributed by atoms with E-state index in [1.165, 1.54) is 11.3 Å². The molecule has 0 spiro atoms. The van der Waals surface area contributed by atoms with Crippen molar-refractivity contribution in [1.82, 2.24) is 9.88 Å². The average molecular weight is 735 g/mol. The number of fused-ring (bicyclic) bond motifs is 11. The maximum atomic E-state index is 14.9. The van der Waals surface area contributed by atoms with E-state index in [0.29, 0.717) is 35.9 Å². The van der Waals surface area contributed by atoms with Crippen molar-refractivity contribution >= 4 is 28.2 Å². The number of allylic oxidation sites excluding steroid dienone is 3. The van der Waals surface area contributed by atoms with Crippen molar-refractivity contribution in [3.8, 4) is 0 Å². The summed E-state index contributed by atoms with van der Waals surface area (Å²) in [4.78, 5) is 27.7. The molecule has 3 N–H and O–H groups in total. The van der Waals surface area contributed by atoms with Crippen LogP contribution in [0.15, 0.2) is 48.1 Å². The fraction of sp³-hybridized carbons (Fsp3) is 0.617. The topological polar surface area (TPSA) is 101 Å². The van der Waals surface area contributed by atoms with E-state index < -0.39 is 34.9 Å². The summed E-state index contributed by atoms with van der Waals surface area (Å²) in [5.74, 6) is 0.650. The molecule has 3 heterocycles. The van der Waals surface area contributed by atoms with Crippen molar-refractivity contribution in [3.63, 3.8) is 0 Å². The first-order valence-corrected chi connectivity index (χ1v) is 20.5. The normalized spacial score (nSPS) is 37.3. The largest absolute Gasteiger partial charge is 0.392 e. The fourth-order valence-electron chi connectivity index (χ4n) is 13.0. The summed E-state index contributed by atoms with van der Waals surface area (Å²) < 4.78 is 8.91. The first kappa shape index (κ1) is 37.7. The van der Waals surface area contributed by atoms with Gasteiger partial charge in [-0.3, -0.25) is 9.59 Å². The molecule has 2 aromatic rings. The minimum absolute atomic E-state index is 0.0365. The SMILES string of the molecule is C=C(C)[C@H]1C(=O)c2c3c(cc4c5c(n1c24)[C@@]1(C)[C@@H](CC[C@H]2[C@](C)(/C=C/C=C(\C)C(=O)NCC(C)C)[C@@H](O)CC[C@@]21C)C5)C1=CC(C)(C)OC(C)(C)[C@H]1[C@@H]3O.